The molecule has 0 aromatic carbocycles. The third-order valence-electron chi connectivity index (χ3n) is 6.12. The van der Waals surface area contributed by atoms with Crippen molar-refractivity contribution in [2.45, 2.75) is 84.7 Å². The smallest absolute Gasteiger partial charge is 0.225 e. The second-order valence-corrected chi connectivity index (χ2v) is 7.91. The fourth-order valence-corrected chi connectivity index (χ4v) is 4.01. The minimum absolute atomic E-state index is 0.167. The average Bonchev–Trinajstić information content (AvgIpc) is 3.22. The Hall–Kier alpha value is -2.05. The third kappa shape index (κ3) is 6.47. The first kappa shape index (κ1) is 23.2. The van der Waals surface area contributed by atoms with Gasteiger partial charge in [-0.15, -0.1) is 0 Å². The zero-order chi connectivity index (χ0) is 21.2. The highest BCUT2D eigenvalue weighted by Gasteiger charge is 2.26. The summed E-state index contributed by atoms with van der Waals surface area (Å²) in [6, 6.07) is 2.36. The molecule has 0 saturated carbocycles. The first-order chi connectivity index (χ1) is 14.1. The zero-order valence-electron chi connectivity index (χ0n) is 18.8. The molecule has 0 bridgehead atoms. The zero-order valence-corrected chi connectivity index (χ0v) is 18.8. The molecule has 2 N–H and O–H groups in total. The van der Waals surface area contributed by atoms with E-state index < -0.39 is 0 Å². The van der Waals surface area contributed by atoms with E-state index in [4.69, 9.17) is 4.52 Å². The molecule has 29 heavy (non-hydrogen) atoms. The molecule has 2 rings (SSSR count). The largest absolute Gasteiger partial charge is 0.359 e. The van der Waals surface area contributed by atoms with Crippen molar-refractivity contribution in [3.63, 3.8) is 0 Å². The van der Waals surface area contributed by atoms with Crippen LogP contribution in [0.25, 0.3) is 0 Å². The minimum Gasteiger partial charge on any atom is -0.359 e. The van der Waals surface area contributed by atoms with Gasteiger partial charge in [0.1, 0.15) is 0 Å². The van der Waals surface area contributed by atoms with Gasteiger partial charge in [0.15, 0.2) is 11.7 Å². The molecule has 1 saturated heterocycles. The van der Waals surface area contributed by atoms with Crippen LogP contribution in [-0.4, -0.2) is 48.1 Å². The van der Waals surface area contributed by atoms with Gasteiger partial charge in [-0.2, -0.15) is 0 Å². The van der Waals surface area contributed by atoms with Crippen molar-refractivity contribution < 1.29 is 9.32 Å². The second kappa shape index (κ2) is 11.8. The molecule has 7 heteroatoms. The number of hydrogen-bond donors (Lipinski definition) is 2. The van der Waals surface area contributed by atoms with Gasteiger partial charge in [0, 0.05) is 44.1 Å². The van der Waals surface area contributed by atoms with E-state index in [0.29, 0.717) is 24.4 Å². The summed E-state index contributed by atoms with van der Waals surface area (Å²) in [6.07, 6.45) is 5.85. The molecule has 1 aliphatic rings. The standard InChI is InChI=1S/C22H39N5O2/c1-6-16(7-2)20-14-19(29-26-20)15-24-22(23-5)25-18-10-12-27(13-11-18)21(28)17(8-3)9-4/h14,16-18H,6-13,15H2,1-5H3,(H2,23,24,25). The molecule has 1 fully saturated rings. The molecule has 1 aliphatic heterocycles. The summed E-state index contributed by atoms with van der Waals surface area (Å²) >= 11 is 0. The van der Waals surface area contributed by atoms with Crippen LogP contribution in [-0.2, 0) is 11.3 Å². The number of carbonyl (C=O) groups excluding carboxylic acids is 1. The van der Waals surface area contributed by atoms with E-state index in [-0.39, 0.29) is 5.92 Å². The molecule has 0 aliphatic carbocycles. The quantitative estimate of drug-likeness (QED) is 0.484. The number of nitrogens with zero attached hydrogens (tertiary/aromatic N) is 3. The van der Waals surface area contributed by atoms with Gasteiger partial charge >= 0.3 is 0 Å². The summed E-state index contributed by atoms with van der Waals surface area (Å²) in [5, 5.41) is 11.0. The number of aromatic nitrogens is 1. The monoisotopic (exact) mass is 405 g/mol. The molecule has 2 heterocycles. The maximum atomic E-state index is 12.6. The number of likely N-dealkylation sites (tertiary alicyclic amines) is 1. The van der Waals surface area contributed by atoms with Crippen LogP contribution >= 0.6 is 0 Å². The van der Waals surface area contributed by atoms with E-state index in [1.165, 1.54) is 0 Å². The van der Waals surface area contributed by atoms with Crippen LogP contribution in [0.2, 0.25) is 0 Å². The maximum absolute atomic E-state index is 12.6. The van der Waals surface area contributed by atoms with Crippen molar-refractivity contribution in [2.75, 3.05) is 20.1 Å². The summed E-state index contributed by atoms with van der Waals surface area (Å²) in [5.41, 5.74) is 1.03. The van der Waals surface area contributed by atoms with Crippen molar-refractivity contribution in [2.24, 2.45) is 10.9 Å². The highest BCUT2D eigenvalue weighted by atomic mass is 16.5. The van der Waals surface area contributed by atoms with Crippen LogP contribution < -0.4 is 10.6 Å². The SMILES string of the molecule is CCC(CC)C(=O)N1CCC(NC(=NC)NCc2cc(C(CC)CC)no2)CC1. The van der Waals surface area contributed by atoms with Crippen molar-refractivity contribution in [3.8, 4) is 0 Å². The van der Waals surface area contributed by atoms with E-state index in [0.717, 1.165) is 69.0 Å². The second-order valence-electron chi connectivity index (χ2n) is 7.91. The Morgan fingerprint density at radius 1 is 1.21 bits per heavy atom. The number of amides is 1. The van der Waals surface area contributed by atoms with E-state index >= 15 is 0 Å². The molecule has 0 unspecified atom stereocenters. The van der Waals surface area contributed by atoms with Gasteiger partial charge in [0.05, 0.1) is 12.2 Å². The molecule has 0 radical (unpaired) electrons. The van der Waals surface area contributed by atoms with Crippen LogP contribution in [0.4, 0.5) is 0 Å². The van der Waals surface area contributed by atoms with Crippen molar-refractivity contribution in [3.05, 3.63) is 17.5 Å². The summed E-state index contributed by atoms with van der Waals surface area (Å²) in [4.78, 5) is 18.9. The third-order valence-corrected chi connectivity index (χ3v) is 6.12. The molecule has 1 amide bonds. The van der Waals surface area contributed by atoms with Crippen LogP contribution in [0.15, 0.2) is 15.6 Å². The Kier molecular flexibility index (Phi) is 9.48. The lowest BCUT2D eigenvalue weighted by atomic mass is 9.98. The number of rotatable bonds is 9. The molecule has 0 atom stereocenters. The number of hydrogen-bond acceptors (Lipinski definition) is 4. The molecule has 7 nitrogen and oxygen atoms in total. The summed E-state index contributed by atoms with van der Waals surface area (Å²) in [6.45, 7) is 10.7. The fraction of sp³-hybridized carbons (Fsp3) is 0.773. The lowest BCUT2D eigenvalue weighted by molar-refractivity contribution is -0.136. The first-order valence-corrected chi connectivity index (χ1v) is 11.3. The van der Waals surface area contributed by atoms with Crippen LogP contribution in [0, 0.1) is 5.92 Å². The van der Waals surface area contributed by atoms with Crippen molar-refractivity contribution in [1.29, 1.82) is 0 Å². The van der Waals surface area contributed by atoms with Crippen molar-refractivity contribution in [1.82, 2.24) is 20.7 Å². The lowest BCUT2D eigenvalue weighted by Gasteiger charge is -2.34. The highest BCUT2D eigenvalue weighted by Crippen LogP contribution is 2.22. The summed E-state index contributed by atoms with van der Waals surface area (Å²) < 4.78 is 5.48. The van der Waals surface area contributed by atoms with E-state index in [1.54, 1.807) is 7.05 Å². The highest BCUT2D eigenvalue weighted by molar-refractivity contribution is 5.80. The number of nitrogens with one attached hydrogen (secondary N) is 2. The predicted octanol–water partition coefficient (Wildman–Crippen LogP) is 3.67. The van der Waals surface area contributed by atoms with Gasteiger partial charge in [-0.05, 0) is 38.5 Å². The molecule has 1 aromatic heterocycles. The molecular formula is C22H39N5O2. The van der Waals surface area contributed by atoms with Gasteiger partial charge in [-0.25, -0.2) is 0 Å². The Balaban J connectivity index is 1.79. The average molecular weight is 406 g/mol. The molecule has 164 valence electrons. The number of guanidine groups is 1. The maximum Gasteiger partial charge on any atom is 0.225 e. The summed E-state index contributed by atoms with van der Waals surface area (Å²) in [5.74, 6) is 2.52. The number of piperidine rings is 1. The van der Waals surface area contributed by atoms with E-state index in [1.807, 2.05) is 11.0 Å². The van der Waals surface area contributed by atoms with Crippen molar-refractivity contribution >= 4 is 11.9 Å². The van der Waals surface area contributed by atoms with Gasteiger partial charge in [-0.3, -0.25) is 9.79 Å². The van der Waals surface area contributed by atoms with Gasteiger partial charge in [0.2, 0.25) is 5.91 Å². The predicted molar refractivity (Wildman–Crippen MR) is 117 cm³/mol. The minimum atomic E-state index is 0.167. The van der Waals surface area contributed by atoms with Crippen LogP contribution in [0.1, 0.15) is 83.6 Å². The Morgan fingerprint density at radius 3 is 2.41 bits per heavy atom. The Morgan fingerprint density at radius 2 is 1.86 bits per heavy atom. The first-order valence-electron chi connectivity index (χ1n) is 11.3. The number of carbonyl (C=O) groups is 1. The van der Waals surface area contributed by atoms with Gasteiger partial charge < -0.3 is 20.1 Å². The molecular weight excluding hydrogens is 366 g/mol. The Bertz CT molecular complexity index is 641. The van der Waals surface area contributed by atoms with E-state index in [2.05, 4.69) is 48.5 Å². The fourth-order valence-electron chi connectivity index (χ4n) is 4.01. The van der Waals surface area contributed by atoms with Crippen LogP contribution in [0.3, 0.4) is 0 Å². The van der Waals surface area contributed by atoms with E-state index in [9.17, 15) is 4.79 Å². The molecule has 0 spiro atoms. The number of aliphatic imine (C=N–C) groups is 1. The van der Waals surface area contributed by atoms with Crippen LogP contribution in [0.5, 0.6) is 0 Å². The topological polar surface area (TPSA) is 82.8 Å². The Labute approximate surface area is 175 Å². The molecule has 1 aromatic rings. The van der Waals surface area contributed by atoms with Gasteiger partial charge in [-0.1, -0.05) is 32.9 Å². The summed E-state index contributed by atoms with van der Waals surface area (Å²) in [7, 11) is 1.77. The normalized spacial score (nSPS) is 16.0. The van der Waals surface area contributed by atoms with Gasteiger partial charge in [0.25, 0.3) is 0 Å². The lowest BCUT2D eigenvalue weighted by Crippen LogP contribution is -2.50.